The van der Waals surface area contributed by atoms with Crippen molar-refractivity contribution in [2.75, 3.05) is 7.05 Å². The van der Waals surface area contributed by atoms with E-state index < -0.39 is 0 Å². The van der Waals surface area contributed by atoms with Gasteiger partial charge < -0.3 is 15.3 Å². The van der Waals surface area contributed by atoms with Crippen molar-refractivity contribution in [3.05, 3.63) is 65.2 Å². The van der Waals surface area contributed by atoms with Gasteiger partial charge in [-0.05, 0) is 42.7 Å². The van der Waals surface area contributed by atoms with E-state index in [1.165, 1.54) is 11.0 Å². The van der Waals surface area contributed by atoms with Crippen LogP contribution in [0, 0.1) is 0 Å². The molecular weight excluding hydrogens is 304 g/mol. The second kappa shape index (κ2) is 6.74. The Kier molecular flexibility index (Phi) is 4.51. The lowest BCUT2D eigenvalue weighted by Gasteiger charge is -2.18. The number of carbonyl (C=O) groups is 2. The first kappa shape index (κ1) is 16.1. The van der Waals surface area contributed by atoms with E-state index >= 15 is 0 Å². The van der Waals surface area contributed by atoms with Crippen molar-refractivity contribution in [1.29, 1.82) is 0 Å². The number of aromatic hydroxyl groups is 1. The lowest BCUT2D eigenvalue weighted by Crippen LogP contribution is -2.27. The molecule has 0 aromatic heterocycles. The number of nitrogens with zero attached hydrogens (tertiary/aromatic N) is 1. The SMILES string of the molecule is CN(Cc1ccc(C(=O)NC2CC2)cc1)C(=O)c1ccccc1O. The molecule has 3 rings (SSSR count). The summed E-state index contributed by atoms with van der Waals surface area (Å²) >= 11 is 0. The zero-order valence-electron chi connectivity index (χ0n) is 13.5. The Bertz CT molecular complexity index is 751. The average Bonchev–Trinajstić information content (AvgIpc) is 3.39. The number of carbonyl (C=O) groups excluding carboxylic acids is 2. The van der Waals surface area contributed by atoms with Crippen LogP contribution < -0.4 is 5.32 Å². The van der Waals surface area contributed by atoms with Crippen molar-refractivity contribution in [2.45, 2.75) is 25.4 Å². The Morgan fingerprint density at radius 2 is 1.79 bits per heavy atom. The van der Waals surface area contributed by atoms with Gasteiger partial charge in [0.2, 0.25) is 0 Å². The zero-order chi connectivity index (χ0) is 17.1. The maximum Gasteiger partial charge on any atom is 0.257 e. The van der Waals surface area contributed by atoms with Crippen LogP contribution in [0.3, 0.4) is 0 Å². The first-order chi connectivity index (χ1) is 11.5. The summed E-state index contributed by atoms with van der Waals surface area (Å²) in [6.45, 7) is 0.400. The van der Waals surface area contributed by atoms with Crippen molar-refractivity contribution in [3.63, 3.8) is 0 Å². The third kappa shape index (κ3) is 3.74. The van der Waals surface area contributed by atoms with E-state index in [9.17, 15) is 14.7 Å². The molecule has 2 amide bonds. The highest BCUT2D eigenvalue weighted by molar-refractivity contribution is 5.96. The number of phenols is 1. The first-order valence-electron chi connectivity index (χ1n) is 7.98. The molecule has 5 heteroatoms. The number of phenolic OH excluding ortho intramolecular Hbond substituents is 1. The number of benzene rings is 2. The summed E-state index contributed by atoms with van der Waals surface area (Å²) in [6.07, 6.45) is 2.12. The summed E-state index contributed by atoms with van der Waals surface area (Å²) in [6, 6.07) is 14.0. The lowest BCUT2D eigenvalue weighted by molar-refractivity contribution is 0.0781. The smallest absolute Gasteiger partial charge is 0.257 e. The summed E-state index contributed by atoms with van der Waals surface area (Å²) in [5, 5.41) is 12.7. The highest BCUT2D eigenvalue weighted by atomic mass is 16.3. The van der Waals surface area contributed by atoms with E-state index in [4.69, 9.17) is 0 Å². The van der Waals surface area contributed by atoms with Crippen LogP contribution in [0.25, 0.3) is 0 Å². The van der Waals surface area contributed by atoms with Gasteiger partial charge in [-0.2, -0.15) is 0 Å². The molecule has 1 fully saturated rings. The summed E-state index contributed by atoms with van der Waals surface area (Å²) in [5.41, 5.74) is 1.82. The highest BCUT2D eigenvalue weighted by Crippen LogP contribution is 2.20. The third-order valence-electron chi connectivity index (χ3n) is 4.03. The molecule has 1 saturated carbocycles. The molecular formula is C19H20N2O3. The predicted octanol–water partition coefficient (Wildman–Crippen LogP) is 2.56. The van der Waals surface area contributed by atoms with Crippen molar-refractivity contribution < 1.29 is 14.7 Å². The molecule has 5 nitrogen and oxygen atoms in total. The summed E-state index contributed by atoms with van der Waals surface area (Å²) < 4.78 is 0. The number of rotatable bonds is 5. The van der Waals surface area contributed by atoms with E-state index in [0.29, 0.717) is 18.2 Å². The maximum absolute atomic E-state index is 12.4. The molecule has 124 valence electrons. The van der Waals surface area contributed by atoms with Gasteiger partial charge in [0.1, 0.15) is 5.75 Å². The van der Waals surface area contributed by atoms with Crippen molar-refractivity contribution in [2.24, 2.45) is 0 Å². The molecule has 0 bridgehead atoms. The molecule has 24 heavy (non-hydrogen) atoms. The molecule has 0 heterocycles. The Morgan fingerprint density at radius 3 is 2.42 bits per heavy atom. The number of amides is 2. The summed E-state index contributed by atoms with van der Waals surface area (Å²) in [4.78, 5) is 25.9. The second-order valence-corrected chi connectivity index (χ2v) is 6.12. The Balaban J connectivity index is 1.63. The van der Waals surface area contributed by atoms with E-state index in [0.717, 1.165) is 18.4 Å². The molecule has 0 saturated heterocycles. The molecule has 1 aliphatic rings. The van der Waals surface area contributed by atoms with Crippen molar-refractivity contribution >= 4 is 11.8 Å². The standard InChI is InChI=1S/C19H20N2O3/c1-21(19(24)16-4-2-3-5-17(16)22)12-13-6-8-14(9-7-13)18(23)20-15-10-11-15/h2-9,15,22H,10-12H2,1H3,(H,20,23). The molecule has 0 unspecified atom stereocenters. The highest BCUT2D eigenvalue weighted by Gasteiger charge is 2.23. The topological polar surface area (TPSA) is 69.6 Å². The van der Waals surface area contributed by atoms with Gasteiger partial charge >= 0.3 is 0 Å². The van der Waals surface area contributed by atoms with E-state index in [1.54, 1.807) is 37.4 Å². The van der Waals surface area contributed by atoms with Gasteiger partial charge in [-0.15, -0.1) is 0 Å². The summed E-state index contributed by atoms with van der Waals surface area (Å²) in [7, 11) is 1.68. The first-order valence-corrected chi connectivity index (χ1v) is 7.98. The molecule has 2 aromatic carbocycles. The number of hydrogen-bond acceptors (Lipinski definition) is 3. The second-order valence-electron chi connectivity index (χ2n) is 6.12. The third-order valence-corrected chi connectivity index (χ3v) is 4.03. The fourth-order valence-electron chi connectivity index (χ4n) is 2.46. The number of nitrogens with one attached hydrogen (secondary N) is 1. The van der Waals surface area contributed by atoms with Gasteiger partial charge in [0.15, 0.2) is 0 Å². The normalized spacial score (nSPS) is 13.4. The van der Waals surface area contributed by atoms with E-state index in [-0.39, 0.29) is 23.1 Å². The van der Waals surface area contributed by atoms with Crippen LogP contribution in [0.4, 0.5) is 0 Å². The van der Waals surface area contributed by atoms with Gasteiger partial charge in [0.25, 0.3) is 11.8 Å². The van der Waals surface area contributed by atoms with E-state index in [1.807, 2.05) is 12.1 Å². The van der Waals surface area contributed by atoms with Crippen LogP contribution in [0.2, 0.25) is 0 Å². The fourth-order valence-corrected chi connectivity index (χ4v) is 2.46. The van der Waals surface area contributed by atoms with Crippen molar-refractivity contribution in [1.82, 2.24) is 10.2 Å². The molecule has 0 radical (unpaired) electrons. The van der Waals surface area contributed by atoms with Crippen molar-refractivity contribution in [3.8, 4) is 5.75 Å². The minimum absolute atomic E-state index is 0.0264. The fraction of sp³-hybridized carbons (Fsp3) is 0.263. The summed E-state index contributed by atoms with van der Waals surface area (Å²) in [5.74, 6) is -0.326. The number of para-hydroxylation sites is 1. The minimum atomic E-state index is -0.247. The largest absolute Gasteiger partial charge is 0.507 e. The Hall–Kier alpha value is -2.82. The van der Waals surface area contributed by atoms with Crippen LogP contribution in [-0.2, 0) is 6.54 Å². The molecule has 0 atom stereocenters. The molecule has 2 aromatic rings. The van der Waals surface area contributed by atoms with Crippen LogP contribution in [-0.4, -0.2) is 34.9 Å². The van der Waals surface area contributed by atoms with Gasteiger partial charge in [-0.25, -0.2) is 0 Å². The van der Waals surface area contributed by atoms with Gasteiger partial charge in [-0.1, -0.05) is 24.3 Å². The molecule has 0 aliphatic heterocycles. The molecule has 2 N–H and O–H groups in total. The monoisotopic (exact) mass is 324 g/mol. The van der Waals surface area contributed by atoms with Gasteiger partial charge in [-0.3, -0.25) is 9.59 Å². The van der Waals surface area contributed by atoms with Crippen LogP contribution in [0.15, 0.2) is 48.5 Å². The number of hydrogen-bond donors (Lipinski definition) is 2. The average molecular weight is 324 g/mol. The zero-order valence-corrected chi connectivity index (χ0v) is 13.5. The predicted molar refractivity (Wildman–Crippen MR) is 90.8 cm³/mol. The van der Waals surface area contributed by atoms with Crippen LogP contribution in [0.1, 0.15) is 39.1 Å². The Morgan fingerprint density at radius 1 is 1.12 bits per heavy atom. The van der Waals surface area contributed by atoms with Crippen LogP contribution >= 0.6 is 0 Å². The molecule has 1 aliphatic carbocycles. The van der Waals surface area contributed by atoms with Crippen LogP contribution in [0.5, 0.6) is 5.75 Å². The quantitative estimate of drug-likeness (QED) is 0.888. The van der Waals surface area contributed by atoms with Gasteiger partial charge in [0, 0.05) is 25.2 Å². The molecule has 0 spiro atoms. The van der Waals surface area contributed by atoms with E-state index in [2.05, 4.69) is 5.32 Å². The minimum Gasteiger partial charge on any atom is -0.507 e. The maximum atomic E-state index is 12.4. The Labute approximate surface area is 140 Å². The lowest BCUT2D eigenvalue weighted by atomic mass is 10.1. The van der Waals surface area contributed by atoms with Gasteiger partial charge in [0.05, 0.1) is 5.56 Å².